The summed E-state index contributed by atoms with van der Waals surface area (Å²) in [4.78, 5) is 8.41. The SMILES string of the molecule is CCC(CC)Nc1cc(NCc2cnccn2)c2nnc(C(C)C)n2n1. The molecule has 2 N–H and O–H groups in total. The van der Waals surface area contributed by atoms with Crippen LogP contribution in [0.25, 0.3) is 5.65 Å². The minimum absolute atomic E-state index is 0.230. The predicted octanol–water partition coefficient (Wildman–Crippen LogP) is 3.25. The molecule has 8 nitrogen and oxygen atoms in total. The number of nitrogens with one attached hydrogen (secondary N) is 2. The van der Waals surface area contributed by atoms with Crippen LogP contribution in [0.5, 0.6) is 0 Å². The fourth-order valence-corrected chi connectivity index (χ4v) is 2.77. The Labute approximate surface area is 153 Å². The van der Waals surface area contributed by atoms with Gasteiger partial charge in [0.05, 0.1) is 24.1 Å². The van der Waals surface area contributed by atoms with Crippen molar-refractivity contribution in [3.05, 3.63) is 36.2 Å². The first kappa shape index (κ1) is 18.0. The fraction of sp³-hybridized carbons (Fsp3) is 0.500. The standard InChI is InChI=1S/C18H26N8/c1-5-13(6-2)22-16-9-15(21-11-14-10-19-7-8-20-14)18-24-23-17(12(3)4)26(18)25-16/h7-10,12-13,21H,5-6,11H2,1-4H3,(H,22,25). The molecule has 0 saturated heterocycles. The summed E-state index contributed by atoms with van der Waals surface area (Å²) in [6.45, 7) is 9.08. The van der Waals surface area contributed by atoms with E-state index in [0.717, 1.165) is 35.9 Å². The van der Waals surface area contributed by atoms with E-state index in [1.165, 1.54) is 0 Å². The average Bonchev–Trinajstić information content (AvgIpc) is 3.09. The molecule has 3 heterocycles. The van der Waals surface area contributed by atoms with Crippen LogP contribution >= 0.6 is 0 Å². The molecule has 3 aromatic heterocycles. The van der Waals surface area contributed by atoms with Crippen LogP contribution < -0.4 is 10.6 Å². The van der Waals surface area contributed by atoms with Gasteiger partial charge in [0.2, 0.25) is 5.65 Å². The van der Waals surface area contributed by atoms with Crippen molar-refractivity contribution in [1.82, 2.24) is 29.8 Å². The van der Waals surface area contributed by atoms with Crippen LogP contribution in [0.1, 0.15) is 58.0 Å². The van der Waals surface area contributed by atoms with Gasteiger partial charge in [-0.1, -0.05) is 27.7 Å². The lowest BCUT2D eigenvalue weighted by atomic mass is 10.2. The van der Waals surface area contributed by atoms with Crippen LogP contribution in [0.2, 0.25) is 0 Å². The summed E-state index contributed by atoms with van der Waals surface area (Å²) >= 11 is 0. The summed E-state index contributed by atoms with van der Waals surface area (Å²) in [6, 6.07) is 2.37. The molecular weight excluding hydrogens is 328 g/mol. The van der Waals surface area contributed by atoms with E-state index in [1.807, 2.05) is 10.6 Å². The van der Waals surface area contributed by atoms with E-state index in [1.54, 1.807) is 18.6 Å². The maximum absolute atomic E-state index is 4.72. The molecular formula is C18H26N8. The highest BCUT2D eigenvalue weighted by Gasteiger charge is 2.16. The number of hydrogen-bond acceptors (Lipinski definition) is 7. The van der Waals surface area contributed by atoms with Crippen molar-refractivity contribution in [3.63, 3.8) is 0 Å². The van der Waals surface area contributed by atoms with Crippen molar-refractivity contribution in [2.45, 2.75) is 59.0 Å². The molecule has 0 fully saturated rings. The summed E-state index contributed by atoms with van der Waals surface area (Å²) in [5.74, 6) is 1.89. The van der Waals surface area contributed by atoms with E-state index in [0.29, 0.717) is 18.2 Å². The molecule has 0 bridgehead atoms. The molecule has 3 aromatic rings. The van der Waals surface area contributed by atoms with Gasteiger partial charge in [0.1, 0.15) is 5.82 Å². The van der Waals surface area contributed by atoms with Crippen molar-refractivity contribution in [3.8, 4) is 0 Å². The monoisotopic (exact) mass is 354 g/mol. The van der Waals surface area contributed by atoms with Crippen LogP contribution in [0.15, 0.2) is 24.7 Å². The van der Waals surface area contributed by atoms with Gasteiger partial charge in [-0.15, -0.1) is 15.3 Å². The maximum atomic E-state index is 4.72. The van der Waals surface area contributed by atoms with E-state index in [-0.39, 0.29) is 5.92 Å². The van der Waals surface area contributed by atoms with Crippen molar-refractivity contribution in [2.24, 2.45) is 0 Å². The van der Waals surface area contributed by atoms with Gasteiger partial charge < -0.3 is 10.6 Å². The lowest BCUT2D eigenvalue weighted by Crippen LogP contribution is -2.19. The highest BCUT2D eigenvalue weighted by molar-refractivity contribution is 5.70. The van der Waals surface area contributed by atoms with Crippen molar-refractivity contribution >= 4 is 17.2 Å². The first-order valence-corrected chi connectivity index (χ1v) is 9.14. The van der Waals surface area contributed by atoms with Gasteiger partial charge in [0.25, 0.3) is 0 Å². The Bertz CT molecular complexity index is 839. The minimum atomic E-state index is 0.230. The van der Waals surface area contributed by atoms with Crippen LogP contribution in [0.3, 0.4) is 0 Å². The second kappa shape index (κ2) is 8.07. The summed E-state index contributed by atoms with van der Waals surface area (Å²) in [7, 11) is 0. The van der Waals surface area contributed by atoms with Gasteiger partial charge >= 0.3 is 0 Å². The first-order valence-electron chi connectivity index (χ1n) is 9.14. The average molecular weight is 354 g/mol. The van der Waals surface area contributed by atoms with Crippen LogP contribution in [-0.4, -0.2) is 35.8 Å². The molecule has 0 aliphatic carbocycles. The molecule has 0 atom stereocenters. The quantitative estimate of drug-likeness (QED) is 0.641. The Hall–Kier alpha value is -2.77. The summed E-state index contributed by atoms with van der Waals surface area (Å²) in [5.41, 5.74) is 2.45. The zero-order valence-corrected chi connectivity index (χ0v) is 15.8. The Balaban J connectivity index is 1.96. The number of hydrogen-bond donors (Lipinski definition) is 2. The van der Waals surface area contributed by atoms with E-state index in [2.05, 4.69) is 58.5 Å². The van der Waals surface area contributed by atoms with E-state index in [9.17, 15) is 0 Å². The molecule has 0 spiro atoms. The third-order valence-corrected chi connectivity index (χ3v) is 4.33. The highest BCUT2D eigenvalue weighted by atomic mass is 15.4. The van der Waals surface area contributed by atoms with Crippen LogP contribution in [0, 0.1) is 0 Å². The Morgan fingerprint density at radius 3 is 2.58 bits per heavy atom. The second-order valence-electron chi connectivity index (χ2n) is 6.60. The molecule has 138 valence electrons. The molecule has 3 rings (SSSR count). The fourth-order valence-electron chi connectivity index (χ4n) is 2.77. The molecule has 0 aromatic carbocycles. The van der Waals surface area contributed by atoms with Gasteiger partial charge in [-0.3, -0.25) is 9.97 Å². The van der Waals surface area contributed by atoms with Gasteiger partial charge in [-0.25, -0.2) is 0 Å². The van der Waals surface area contributed by atoms with Crippen molar-refractivity contribution < 1.29 is 0 Å². The zero-order chi connectivity index (χ0) is 18.5. The lowest BCUT2D eigenvalue weighted by Gasteiger charge is -2.17. The van der Waals surface area contributed by atoms with Crippen molar-refractivity contribution in [1.29, 1.82) is 0 Å². The van der Waals surface area contributed by atoms with E-state index in [4.69, 9.17) is 5.10 Å². The topological polar surface area (TPSA) is 92.9 Å². The predicted molar refractivity (Wildman–Crippen MR) is 102 cm³/mol. The second-order valence-corrected chi connectivity index (χ2v) is 6.60. The zero-order valence-electron chi connectivity index (χ0n) is 15.8. The van der Waals surface area contributed by atoms with Gasteiger partial charge in [0.15, 0.2) is 5.82 Å². The molecule has 8 heteroatoms. The summed E-state index contributed by atoms with van der Waals surface area (Å²) < 4.78 is 1.83. The molecule has 0 radical (unpaired) electrons. The first-order chi connectivity index (χ1) is 12.6. The molecule has 0 amide bonds. The number of anilines is 2. The third kappa shape index (κ3) is 3.89. The summed E-state index contributed by atoms with van der Waals surface area (Å²) in [5, 5.41) is 20.3. The minimum Gasteiger partial charge on any atom is -0.376 e. The molecule has 0 aliphatic heterocycles. The molecule has 0 unspecified atom stereocenters. The Morgan fingerprint density at radius 1 is 1.12 bits per heavy atom. The molecule has 0 saturated carbocycles. The highest BCUT2D eigenvalue weighted by Crippen LogP contribution is 2.23. The Kier molecular flexibility index (Phi) is 5.60. The van der Waals surface area contributed by atoms with Crippen LogP contribution in [0.4, 0.5) is 11.5 Å². The lowest BCUT2D eigenvalue weighted by molar-refractivity contribution is 0.661. The third-order valence-electron chi connectivity index (χ3n) is 4.33. The molecule has 26 heavy (non-hydrogen) atoms. The Morgan fingerprint density at radius 2 is 1.92 bits per heavy atom. The molecule has 0 aliphatic rings. The number of nitrogens with zero attached hydrogens (tertiary/aromatic N) is 6. The smallest absolute Gasteiger partial charge is 0.201 e. The van der Waals surface area contributed by atoms with Gasteiger partial charge in [-0.2, -0.15) is 4.52 Å². The van der Waals surface area contributed by atoms with E-state index >= 15 is 0 Å². The van der Waals surface area contributed by atoms with Crippen LogP contribution in [-0.2, 0) is 6.54 Å². The van der Waals surface area contributed by atoms with Gasteiger partial charge in [0, 0.05) is 30.4 Å². The van der Waals surface area contributed by atoms with E-state index < -0.39 is 0 Å². The maximum Gasteiger partial charge on any atom is 0.201 e. The van der Waals surface area contributed by atoms with Gasteiger partial charge in [-0.05, 0) is 12.8 Å². The van der Waals surface area contributed by atoms with Crippen molar-refractivity contribution in [2.75, 3.05) is 10.6 Å². The largest absolute Gasteiger partial charge is 0.376 e. The number of rotatable bonds is 8. The summed E-state index contributed by atoms with van der Waals surface area (Å²) in [6.07, 6.45) is 7.18. The normalized spacial score (nSPS) is 11.5. The number of aromatic nitrogens is 6. The number of fused-ring (bicyclic) bond motifs is 1.